The number of fused-ring (bicyclic) bond motifs is 1. The number of nitrogens with two attached hydrogens (primary N) is 1. The average Bonchev–Trinajstić information content (AvgIpc) is 3.06. The molecule has 3 N–H and O–H groups in total. The predicted molar refractivity (Wildman–Crippen MR) is 75.9 cm³/mol. The van der Waals surface area contributed by atoms with Gasteiger partial charge in [0.1, 0.15) is 0 Å². The third-order valence-corrected chi connectivity index (χ3v) is 3.89. The Morgan fingerprint density at radius 1 is 1.28 bits per heavy atom. The van der Waals surface area contributed by atoms with Crippen LogP contribution in [-0.2, 0) is 12.8 Å². The molecule has 2 aliphatic carbocycles. The topological polar surface area (TPSA) is 50.4 Å². The van der Waals surface area contributed by atoms with Crippen molar-refractivity contribution in [2.24, 2.45) is 16.6 Å². The summed E-state index contributed by atoms with van der Waals surface area (Å²) in [4.78, 5) is 4.38. The average molecular weight is 243 g/mol. The highest BCUT2D eigenvalue weighted by Gasteiger charge is 2.20. The van der Waals surface area contributed by atoms with Crippen molar-refractivity contribution in [3.8, 4) is 0 Å². The molecule has 0 bridgehead atoms. The highest BCUT2D eigenvalue weighted by Crippen LogP contribution is 2.32. The predicted octanol–water partition coefficient (Wildman–Crippen LogP) is 2.70. The Morgan fingerprint density at radius 3 is 2.94 bits per heavy atom. The maximum atomic E-state index is 5.90. The second kappa shape index (κ2) is 5.01. The number of benzene rings is 1. The molecule has 0 heterocycles. The number of aliphatic imine (C=N–C) groups is 1. The van der Waals surface area contributed by atoms with Gasteiger partial charge in [-0.15, -0.1) is 0 Å². The van der Waals surface area contributed by atoms with Gasteiger partial charge in [-0.1, -0.05) is 18.9 Å². The van der Waals surface area contributed by atoms with Gasteiger partial charge in [-0.2, -0.15) is 0 Å². The van der Waals surface area contributed by atoms with Gasteiger partial charge < -0.3 is 11.1 Å². The van der Waals surface area contributed by atoms with E-state index in [2.05, 4.69) is 28.5 Å². The SMILES string of the molecule is NC(=NCCC1CC1)Nc1ccc2c(c1)CCC2. The normalized spacial score (nSPS) is 18.8. The maximum Gasteiger partial charge on any atom is 0.193 e. The van der Waals surface area contributed by atoms with Crippen LogP contribution in [0.4, 0.5) is 5.69 Å². The van der Waals surface area contributed by atoms with Crippen LogP contribution in [-0.4, -0.2) is 12.5 Å². The third-order valence-electron chi connectivity index (χ3n) is 3.89. The first-order chi connectivity index (χ1) is 8.81. The van der Waals surface area contributed by atoms with Crippen molar-refractivity contribution < 1.29 is 0 Å². The largest absolute Gasteiger partial charge is 0.370 e. The lowest BCUT2D eigenvalue weighted by Gasteiger charge is -2.07. The van der Waals surface area contributed by atoms with E-state index in [0.29, 0.717) is 5.96 Å². The van der Waals surface area contributed by atoms with Gasteiger partial charge in [0.25, 0.3) is 0 Å². The van der Waals surface area contributed by atoms with E-state index >= 15 is 0 Å². The van der Waals surface area contributed by atoms with E-state index in [-0.39, 0.29) is 0 Å². The van der Waals surface area contributed by atoms with Crippen LogP contribution in [0.3, 0.4) is 0 Å². The first-order valence-corrected chi connectivity index (χ1v) is 7.00. The third kappa shape index (κ3) is 2.84. The van der Waals surface area contributed by atoms with Gasteiger partial charge in [-0.3, -0.25) is 4.99 Å². The second-order valence-corrected chi connectivity index (χ2v) is 5.46. The molecule has 1 fully saturated rings. The molecule has 0 aliphatic heterocycles. The zero-order chi connectivity index (χ0) is 12.4. The molecule has 2 aliphatic rings. The molecule has 1 saturated carbocycles. The van der Waals surface area contributed by atoms with Gasteiger partial charge in [0.2, 0.25) is 0 Å². The molecule has 0 amide bonds. The highest BCUT2D eigenvalue weighted by atomic mass is 15.1. The van der Waals surface area contributed by atoms with E-state index in [4.69, 9.17) is 5.73 Å². The van der Waals surface area contributed by atoms with Crippen LogP contribution in [0.5, 0.6) is 0 Å². The number of aryl methyl sites for hydroxylation is 2. The molecular formula is C15H21N3. The Bertz CT molecular complexity index is 461. The Labute approximate surface area is 108 Å². The lowest BCUT2D eigenvalue weighted by molar-refractivity contribution is 0.739. The molecule has 0 radical (unpaired) electrons. The Balaban J connectivity index is 1.57. The number of rotatable bonds is 4. The van der Waals surface area contributed by atoms with Crippen molar-refractivity contribution in [2.75, 3.05) is 11.9 Å². The zero-order valence-corrected chi connectivity index (χ0v) is 10.8. The smallest absolute Gasteiger partial charge is 0.193 e. The van der Waals surface area contributed by atoms with E-state index in [1.165, 1.54) is 49.7 Å². The minimum Gasteiger partial charge on any atom is -0.370 e. The number of anilines is 1. The van der Waals surface area contributed by atoms with Crippen molar-refractivity contribution in [1.29, 1.82) is 0 Å². The van der Waals surface area contributed by atoms with Crippen molar-refractivity contribution >= 4 is 11.6 Å². The lowest BCUT2D eigenvalue weighted by atomic mass is 10.1. The summed E-state index contributed by atoms with van der Waals surface area (Å²) in [6, 6.07) is 6.53. The van der Waals surface area contributed by atoms with Gasteiger partial charge in [0.05, 0.1) is 0 Å². The minimum atomic E-state index is 0.550. The molecule has 0 saturated heterocycles. The molecule has 0 spiro atoms. The molecule has 0 aromatic heterocycles. The second-order valence-electron chi connectivity index (χ2n) is 5.46. The van der Waals surface area contributed by atoms with Crippen LogP contribution in [0, 0.1) is 5.92 Å². The number of hydrogen-bond donors (Lipinski definition) is 2. The summed E-state index contributed by atoms with van der Waals surface area (Å²) >= 11 is 0. The summed E-state index contributed by atoms with van der Waals surface area (Å²) in [6.07, 6.45) is 7.65. The fourth-order valence-corrected chi connectivity index (χ4v) is 2.61. The molecule has 0 unspecified atom stereocenters. The number of nitrogens with zero attached hydrogens (tertiary/aromatic N) is 1. The fraction of sp³-hybridized carbons (Fsp3) is 0.533. The van der Waals surface area contributed by atoms with Gasteiger partial charge >= 0.3 is 0 Å². The van der Waals surface area contributed by atoms with Gasteiger partial charge in [0.15, 0.2) is 5.96 Å². The lowest BCUT2D eigenvalue weighted by Crippen LogP contribution is -2.23. The van der Waals surface area contributed by atoms with Crippen LogP contribution in [0.1, 0.15) is 36.8 Å². The summed E-state index contributed by atoms with van der Waals surface area (Å²) in [5, 5.41) is 3.19. The number of guanidine groups is 1. The van der Waals surface area contributed by atoms with Crippen LogP contribution < -0.4 is 11.1 Å². The highest BCUT2D eigenvalue weighted by molar-refractivity contribution is 5.92. The number of hydrogen-bond acceptors (Lipinski definition) is 1. The molecule has 1 aromatic carbocycles. The van der Waals surface area contributed by atoms with Crippen molar-refractivity contribution in [3.05, 3.63) is 29.3 Å². The van der Waals surface area contributed by atoms with Gasteiger partial charge in [-0.25, -0.2) is 0 Å². The van der Waals surface area contributed by atoms with Crippen molar-refractivity contribution in [3.63, 3.8) is 0 Å². The van der Waals surface area contributed by atoms with E-state index in [0.717, 1.165) is 18.2 Å². The quantitative estimate of drug-likeness (QED) is 0.631. The first-order valence-electron chi connectivity index (χ1n) is 7.00. The van der Waals surface area contributed by atoms with E-state index in [9.17, 15) is 0 Å². The summed E-state index contributed by atoms with van der Waals surface area (Å²) in [5.41, 5.74) is 9.92. The van der Waals surface area contributed by atoms with Gasteiger partial charge in [-0.05, 0) is 54.9 Å². The first kappa shape index (κ1) is 11.6. The molecule has 3 nitrogen and oxygen atoms in total. The van der Waals surface area contributed by atoms with Crippen LogP contribution in [0.15, 0.2) is 23.2 Å². The zero-order valence-electron chi connectivity index (χ0n) is 10.8. The molecular weight excluding hydrogens is 222 g/mol. The Hall–Kier alpha value is -1.51. The molecule has 3 heteroatoms. The van der Waals surface area contributed by atoms with Crippen molar-refractivity contribution in [1.82, 2.24) is 0 Å². The summed E-state index contributed by atoms with van der Waals surface area (Å²) in [7, 11) is 0. The molecule has 96 valence electrons. The van der Waals surface area contributed by atoms with E-state index < -0.39 is 0 Å². The monoisotopic (exact) mass is 243 g/mol. The number of nitrogens with one attached hydrogen (secondary N) is 1. The van der Waals surface area contributed by atoms with Crippen molar-refractivity contribution in [2.45, 2.75) is 38.5 Å². The van der Waals surface area contributed by atoms with E-state index in [1.807, 2.05) is 0 Å². The van der Waals surface area contributed by atoms with Crippen LogP contribution in [0.25, 0.3) is 0 Å². The summed E-state index contributed by atoms with van der Waals surface area (Å²) < 4.78 is 0. The van der Waals surface area contributed by atoms with Crippen LogP contribution in [0.2, 0.25) is 0 Å². The molecule has 0 atom stereocenters. The Morgan fingerprint density at radius 2 is 2.11 bits per heavy atom. The van der Waals surface area contributed by atoms with Crippen LogP contribution >= 0.6 is 0 Å². The minimum absolute atomic E-state index is 0.550. The molecule has 1 aromatic rings. The maximum absolute atomic E-state index is 5.90. The fourth-order valence-electron chi connectivity index (χ4n) is 2.61. The standard InChI is InChI=1S/C15H21N3/c16-15(17-9-8-11-4-5-11)18-14-7-6-12-2-1-3-13(12)10-14/h6-7,10-11H,1-5,8-9H2,(H3,16,17,18). The van der Waals surface area contributed by atoms with Gasteiger partial charge in [0, 0.05) is 12.2 Å². The summed E-state index contributed by atoms with van der Waals surface area (Å²) in [6.45, 7) is 0.856. The molecule has 18 heavy (non-hydrogen) atoms. The summed E-state index contributed by atoms with van der Waals surface area (Å²) in [5.74, 6) is 1.47. The Kier molecular flexibility index (Phi) is 3.22. The van der Waals surface area contributed by atoms with E-state index in [1.54, 1.807) is 0 Å². The molecule has 3 rings (SSSR count).